The molecule has 0 aromatic carbocycles. The molecule has 2 aromatic heterocycles. The zero-order valence-corrected chi connectivity index (χ0v) is 8.57. The van der Waals surface area contributed by atoms with E-state index >= 15 is 0 Å². The van der Waals surface area contributed by atoms with Crippen molar-refractivity contribution in [3.05, 3.63) is 41.9 Å². The highest BCUT2D eigenvalue weighted by Gasteiger charge is 2.04. The predicted molar refractivity (Wildman–Crippen MR) is 55.7 cm³/mol. The fraction of sp³-hybridized carbons (Fsp3) is 0.200. The lowest BCUT2D eigenvalue weighted by Crippen LogP contribution is -2.01. The summed E-state index contributed by atoms with van der Waals surface area (Å²) >= 11 is 5.81. The quantitative estimate of drug-likeness (QED) is 0.708. The fourth-order valence-electron chi connectivity index (χ4n) is 1.27. The van der Waals surface area contributed by atoms with Gasteiger partial charge in [0.2, 0.25) is 0 Å². The van der Waals surface area contributed by atoms with Gasteiger partial charge in [-0.15, -0.1) is 11.6 Å². The second kappa shape index (κ2) is 3.80. The van der Waals surface area contributed by atoms with E-state index in [1.807, 2.05) is 25.3 Å². The molecule has 0 atom stereocenters. The highest BCUT2D eigenvalue weighted by Crippen LogP contribution is 2.13. The molecule has 2 heterocycles. The maximum atomic E-state index is 5.81. The van der Waals surface area contributed by atoms with Crippen molar-refractivity contribution >= 4 is 11.6 Å². The Morgan fingerprint density at radius 2 is 2.36 bits per heavy atom. The minimum absolute atomic E-state index is 0.447. The molecule has 14 heavy (non-hydrogen) atoms. The van der Waals surface area contributed by atoms with Crippen molar-refractivity contribution < 1.29 is 0 Å². The Labute approximate surface area is 87.3 Å². The van der Waals surface area contributed by atoms with Gasteiger partial charge in [-0.2, -0.15) is 5.10 Å². The van der Waals surface area contributed by atoms with Crippen LogP contribution in [0.2, 0.25) is 0 Å². The minimum atomic E-state index is 0.447. The van der Waals surface area contributed by atoms with E-state index in [1.165, 1.54) is 0 Å². The van der Waals surface area contributed by atoms with Crippen molar-refractivity contribution in [2.45, 2.75) is 12.8 Å². The zero-order chi connectivity index (χ0) is 9.97. The fourth-order valence-corrected chi connectivity index (χ4v) is 1.48. The molecule has 0 bridgehead atoms. The molecule has 2 aromatic rings. The standard InChI is InChI=1S/C10H10ClN3/c1-8-6-13-14(7-8)10-9(5-11)3-2-4-12-10/h2-4,6-7H,5H2,1H3. The summed E-state index contributed by atoms with van der Waals surface area (Å²) in [7, 11) is 0. The van der Waals surface area contributed by atoms with Gasteiger partial charge in [0, 0.05) is 18.0 Å². The lowest BCUT2D eigenvalue weighted by molar-refractivity contribution is 0.836. The SMILES string of the molecule is Cc1cnn(-c2ncccc2CCl)c1. The zero-order valence-electron chi connectivity index (χ0n) is 7.81. The number of halogens is 1. The lowest BCUT2D eigenvalue weighted by Gasteiger charge is -2.04. The molecule has 0 N–H and O–H groups in total. The van der Waals surface area contributed by atoms with Gasteiger partial charge in [0.1, 0.15) is 0 Å². The van der Waals surface area contributed by atoms with Crippen LogP contribution >= 0.6 is 11.6 Å². The van der Waals surface area contributed by atoms with Gasteiger partial charge in [0.05, 0.1) is 12.1 Å². The molecule has 0 fully saturated rings. The number of pyridine rings is 1. The van der Waals surface area contributed by atoms with Crippen LogP contribution in [-0.4, -0.2) is 14.8 Å². The van der Waals surface area contributed by atoms with Crippen LogP contribution in [0.15, 0.2) is 30.7 Å². The number of aromatic nitrogens is 3. The second-order valence-electron chi connectivity index (χ2n) is 3.08. The van der Waals surface area contributed by atoms with Crippen LogP contribution in [0.5, 0.6) is 0 Å². The number of rotatable bonds is 2. The Bertz CT molecular complexity index is 436. The van der Waals surface area contributed by atoms with Crippen LogP contribution in [0.3, 0.4) is 0 Å². The molecule has 0 aliphatic heterocycles. The molecule has 0 radical (unpaired) electrons. The summed E-state index contributed by atoms with van der Waals surface area (Å²) in [6.07, 6.45) is 5.47. The molecule has 0 spiro atoms. The number of hydrogen-bond donors (Lipinski definition) is 0. The highest BCUT2D eigenvalue weighted by molar-refractivity contribution is 6.17. The lowest BCUT2D eigenvalue weighted by atomic mass is 10.3. The van der Waals surface area contributed by atoms with Crippen LogP contribution in [0.4, 0.5) is 0 Å². The molecule has 0 aliphatic carbocycles. The van der Waals surface area contributed by atoms with E-state index in [2.05, 4.69) is 10.1 Å². The Morgan fingerprint density at radius 1 is 1.50 bits per heavy atom. The van der Waals surface area contributed by atoms with Gasteiger partial charge in [0.15, 0.2) is 5.82 Å². The average Bonchev–Trinajstić information content (AvgIpc) is 2.65. The predicted octanol–water partition coefficient (Wildman–Crippen LogP) is 2.31. The third kappa shape index (κ3) is 1.63. The van der Waals surface area contributed by atoms with Crippen LogP contribution in [-0.2, 0) is 5.88 Å². The molecule has 4 heteroatoms. The van der Waals surface area contributed by atoms with Crippen molar-refractivity contribution in [2.75, 3.05) is 0 Å². The van der Waals surface area contributed by atoms with E-state index < -0.39 is 0 Å². The van der Waals surface area contributed by atoms with Gasteiger partial charge in [-0.1, -0.05) is 6.07 Å². The molecule has 0 amide bonds. The number of hydrogen-bond acceptors (Lipinski definition) is 2. The molecule has 0 unspecified atom stereocenters. The van der Waals surface area contributed by atoms with Gasteiger partial charge in [-0.25, -0.2) is 9.67 Å². The largest absolute Gasteiger partial charge is 0.237 e. The summed E-state index contributed by atoms with van der Waals surface area (Å²) in [6.45, 7) is 1.99. The van der Waals surface area contributed by atoms with Gasteiger partial charge in [0.25, 0.3) is 0 Å². The van der Waals surface area contributed by atoms with E-state index in [-0.39, 0.29) is 0 Å². The Balaban J connectivity index is 2.50. The molecule has 0 saturated heterocycles. The highest BCUT2D eigenvalue weighted by atomic mass is 35.5. The molecule has 2 rings (SSSR count). The Hall–Kier alpha value is -1.35. The van der Waals surface area contributed by atoms with Crippen LogP contribution in [0.1, 0.15) is 11.1 Å². The molecule has 72 valence electrons. The van der Waals surface area contributed by atoms with E-state index in [0.717, 1.165) is 16.9 Å². The normalized spacial score (nSPS) is 10.4. The first-order valence-electron chi connectivity index (χ1n) is 4.33. The summed E-state index contributed by atoms with van der Waals surface area (Å²) in [6, 6.07) is 3.82. The van der Waals surface area contributed by atoms with E-state index in [4.69, 9.17) is 11.6 Å². The van der Waals surface area contributed by atoms with Crippen molar-refractivity contribution in [3.63, 3.8) is 0 Å². The van der Waals surface area contributed by atoms with Crippen molar-refractivity contribution in [1.82, 2.24) is 14.8 Å². The van der Waals surface area contributed by atoms with Crippen molar-refractivity contribution in [1.29, 1.82) is 0 Å². The smallest absolute Gasteiger partial charge is 0.157 e. The maximum Gasteiger partial charge on any atom is 0.157 e. The number of alkyl halides is 1. The second-order valence-corrected chi connectivity index (χ2v) is 3.35. The van der Waals surface area contributed by atoms with E-state index in [9.17, 15) is 0 Å². The monoisotopic (exact) mass is 207 g/mol. The molecule has 0 aliphatic rings. The minimum Gasteiger partial charge on any atom is -0.237 e. The third-order valence-electron chi connectivity index (χ3n) is 1.94. The summed E-state index contributed by atoms with van der Waals surface area (Å²) in [4.78, 5) is 4.25. The van der Waals surface area contributed by atoms with Crippen LogP contribution < -0.4 is 0 Å². The first-order chi connectivity index (χ1) is 6.81. The van der Waals surface area contributed by atoms with Crippen molar-refractivity contribution in [2.24, 2.45) is 0 Å². The van der Waals surface area contributed by atoms with Gasteiger partial charge >= 0.3 is 0 Å². The Kier molecular flexibility index (Phi) is 2.50. The molecule has 0 saturated carbocycles. The first kappa shape index (κ1) is 9.21. The van der Waals surface area contributed by atoms with Gasteiger partial charge < -0.3 is 0 Å². The van der Waals surface area contributed by atoms with E-state index in [0.29, 0.717) is 5.88 Å². The maximum absolute atomic E-state index is 5.81. The van der Waals surface area contributed by atoms with Crippen molar-refractivity contribution in [3.8, 4) is 5.82 Å². The topological polar surface area (TPSA) is 30.7 Å². The average molecular weight is 208 g/mol. The molecular weight excluding hydrogens is 198 g/mol. The summed E-state index contributed by atoms with van der Waals surface area (Å²) in [5, 5.41) is 4.19. The molecular formula is C10H10ClN3. The Morgan fingerprint density at radius 3 is 3.00 bits per heavy atom. The van der Waals surface area contributed by atoms with Gasteiger partial charge in [-0.3, -0.25) is 0 Å². The number of aryl methyl sites for hydroxylation is 1. The molecule has 3 nitrogen and oxygen atoms in total. The van der Waals surface area contributed by atoms with Gasteiger partial charge in [-0.05, 0) is 18.6 Å². The summed E-state index contributed by atoms with van der Waals surface area (Å²) in [5.74, 6) is 1.25. The summed E-state index contributed by atoms with van der Waals surface area (Å²) < 4.78 is 1.74. The summed E-state index contributed by atoms with van der Waals surface area (Å²) in [5.41, 5.74) is 2.09. The van der Waals surface area contributed by atoms with E-state index in [1.54, 1.807) is 17.1 Å². The first-order valence-corrected chi connectivity index (χ1v) is 4.86. The number of nitrogens with zero attached hydrogens (tertiary/aromatic N) is 3. The third-order valence-corrected chi connectivity index (χ3v) is 2.23. The van der Waals surface area contributed by atoms with Crippen LogP contribution in [0.25, 0.3) is 5.82 Å². The van der Waals surface area contributed by atoms with Crippen LogP contribution in [0, 0.1) is 6.92 Å².